The van der Waals surface area contributed by atoms with E-state index in [1.807, 2.05) is 59.9 Å². The van der Waals surface area contributed by atoms with Gasteiger partial charge in [0.25, 0.3) is 15.9 Å². The van der Waals surface area contributed by atoms with Gasteiger partial charge in [0.2, 0.25) is 0 Å². The Morgan fingerprint density at radius 2 is 1.62 bits per heavy atom. The Hall–Kier alpha value is -3.79. The number of rotatable bonds is 5. The van der Waals surface area contributed by atoms with Gasteiger partial charge in [0, 0.05) is 23.4 Å². The van der Waals surface area contributed by atoms with E-state index in [1.165, 1.54) is 38.4 Å². The van der Waals surface area contributed by atoms with Crippen molar-refractivity contribution in [2.45, 2.75) is 11.8 Å². The summed E-state index contributed by atoms with van der Waals surface area (Å²) in [5.74, 6) is 0.461. The van der Waals surface area contributed by atoms with Crippen LogP contribution in [0, 0.1) is 6.92 Å². The highest BCUT2D eigenvalue weighted by Gasteiger charge is 2.22. The first-order chi connectivity index (χ1) is 16.3. The summed E-state index contributed by atoms with van der Waals surface area (Å²) in [5.41, 5.74) is 3.64. The van der Waals surface area contributed by atoms with Crippen LogP contribution in [0.2, 0.25) is 0 Å². The molecule has 0 saturated heterocycles. The number of carbonyl (C=O) groups excluding carboxylic acids is 1. The summed E-state index contributed by atoms with van der Waals surface area (Å²) >= 11 is 0. The van der Waals surface area contributed by atoms with Gasteiger partial charge < -0.3 is 5.32 Å². The minimum absolute atomic E-state index is 0.0286. The molecule has 0 atom stereocenters. The Labute approximate surface area is 196 Å². The molecule has 0 fully saturated rings. The molecular weight excluding hydrogens is 452 g/mol. The van der Waals surface area contributed by atoms with Gasteiger partial charge in [-0.05, 0) is 43.3 Å². The number of benzene rings is 3. The molecule has 0 aliphatic heterocycles. The number of nitrogens with one attached hydrogen (secondary N) is 1. The maximum absolute atomic E-state index is 13.3. The standard InChI is InChI=1S/C25H22N4O4S/c1-16-26-21-10-6-4-8-19(21)24-23(20-9-5-7-11-22(20)29(16)24)27-25(30)17-12-14-18(15-13-17)34(31,32)28(2)33-3/h4-15H,1-3H3,(H,27,30). The molecule has 0 spiro atoms. The van der Waals surface area contributed by atoms with Crippen LogP contribution in [0.1, 0.15) is 16.2 Å². The Kier molecular flexibility index (Phi) is 5.32. The van der Waals surface area contributed by atoms with Crippen LogP contribution in [0.3, 0.4) is 0 Å². The number of carbonyl (C=O) groups is 1. The van der Waals surface area contributed by atoms with Crippen LogP contribution in [0.4, 0.5) is 5.69 Å². The normalized spacial score (nSPS) is 12.1. The van der Waals surface area contributed by atoms with Crippen molar-refractivity contribution in [3.8, 4) is 0 Å². The first-order valence-electron chi connectivity index (χ1n) is 10.6. The largest absolute Gasteiger partial charge is 0.320 e. The number of aromatic nitrogens is 2. The molecule has 2 aromatic heterocycles. The third-order valence-corrected chi connectivity index (χ3v) is 7.58. The van der Waals surface area contributed by atoms with E-state index in [-0.39, 0.29) is 10.8 Å². The van der Waals surface area contributed by atoms with E-state index < -0.39 is 10.0 Å². The van der Waals surface area contributed by atoms with Crippen LogP contribution in [0.25, 0.3) is 27.3 Å². The van der Waals surface area contributed by atoms with E-state index in [2.05, 4.69) is 5.32 Å². The summed E-state index contributed by atoms with van der Waals surface area (Å²) in [6.07, 6.45) is 0. The summed E-state index contributed by atoms with van der Waals surface area (Å²) in [5, 5.41) is 4.87. The lowest BCUT2D eigenvalue weighted by molar-refractivity contribution is -0.0258. The third kappa shape index (κ3) is 3.41. The first-order valence-corrected chi connectivity index (χ1v) is 12.0. The van der Waals surface area contributed by atoms with E-state index in [0.29, 0.717) is 11.3 Å². The highest BCUT2D eigenvalue weighted by atomic mass is 32.2. The summed E-state index contributed by atoms with van der Waals surface area (Å²) in [4.78, 5) is 22.8. The molecule has 0 radical (unpaired) electrons. The van der Waals surface area contributed by atoms with Gasteiger partial charge >= 0.3 is 0 Å². The van der Waals surface area contributed by atoms with Crippen molar-refractivity contribution in [3.05, 3.63) is 84.2 Å². The van der Waals surface area contributed by atoms with Crippen molar-refractivity contribution in [2.24, 2.45) is 0 Å². The summed E-state index contributed by atoms with van der Waals surface area (Å²) in [7, 11) is -1.22. The lowest BCUT2D eigenvalue weighted by Crippen LogP contribution is -2.25. The number of aryl methyl sites for hydroxylation is 1. The molecule has 9 heteroatoms. The fraction of sp³-hybridized carbons (Fsp3) is 0.120. The van der Waals surface area contributed by atoms with Gasteiger partial charge in [-0.2, -0.15) is 0 Å². The third-order valence-electron chi connectivity index (χ3n) is 5.89. The van der Waals surface area contributed by atoms with Crippen molar-refractivity contribution in [3.63, 3.8) is 0 Å². The molecule has 1 amide bonds. The minimum atomic E-state index is -3.80. The first kappa shape index (κ1) is 22.0. The predicted molar refractivity (Wildman–Crippen MR) is 131 cm³/mol. The van der Waals surface area contributed by atoms with Crippen molar-refractivity contribution in [2.75, 3.05) is 19.5 Å². The number of hydroxylamine groups is 1. The number of hydrogen-bond donors (Lipinski definition) is 1. The zero-order valence-corrected chi connectivity index (χ0v) is 19.6. The quantitative estimate of drug-likeness (QED) is 0.382. The van der Waals surface area contributed by atoms with Crippen LogP contribution in [0.15, 0.2) is 77.7 Å². The van der Waals surface area contributed by atoms with Crippen LogP contribution in [0.5, 0.6) is 0 Å². The second-order valence-electron chi connectivity index (χ2n) is 7.83. The van der Waals surface area contributed by atoms with Crippen molar-refractivity contribution in [1.29, 1.82) is 0 Å². The molecular formula is C25H22N4O4S. The predicted octanol–water partition coefficient (Wildman–Crippen LogP) is 4.38. The summed E-state index contributed by atoms with van der Waals surface area (Å²) in [6.45, 7) is 1.94. The Balaban J connectivity index is 1.62. The minimum Gasteiger partial charge on any atom is -0.320 e. The Morgan fingerprint density at radius 1 is 0.971 bits per heavy atom. The summed E-state index contributed by atoms with van der Waals surface area (Å²) < 4.78 is 27.7. The highest BCUT2D eigenvalue weighted by Crippen LogP contribution is 2.36. The van der Waals surface area contributed by atoms with Crippen LogP contribution in [-0.4, -0.2) is 42.3 Å². The van der Waals surface area contributed by atoms with Crippen LogP contribution in [-0.2, 0) is 14.9 Å². The van der Waals surface area contributed by atoms with Crippen molar-refractivity contribution in [1.82, 2.24) is 13.9 Å². The maximum atomic E-state index is 13.3. The number of amides is 1. The van der Waals surface area contributed by atoms with Gasteiger partial charge in [0.15, 0.2) is 0 Å². The van der Waals surface area contributed by atoms with Gasteiger partial charge in [0.05, 0.1) is 34.2 Å². The zero-order valence-electron chi connectivity index (χ0n) is 18.8. The molecule has 5 aromatic rings. The van der Waals surface area contributed by atoms with E-state index in [9.17, 15) is 13.2 Å². The van der Waals surface area contributed by atoms with E-state index in [1.54, 1.807) is 0 Å². The lowest BCUT2D eigenvalue weighted by Gasteiger charge is -2.14. The Morgan fingerprint density at radius 3 is 2.32 bits per heavy atom. The van der Waals surface area contributed by atoms with E-state index in [4.69, 9.17) is 9.82 Å². The average molecular weight is 475 g/mol. The lowest BCUT2D eigenvalue weighted by atomic mass is 10.1. The van der Waals surface area contributed by atoms with Crippen LogP contribution < -0.4 is 5.32 Å². The second-order valence-corrected chi connectivity index (χ2v) is 9.76. The van der Waals surface area contributed by atoms with Gasteiger partial charge in [-0.25, -0.2) is 13.4 Å². The highest BCUT2D eigenvalue weighted by molar-refractivity contribution is 7.89. The Bertz CT molecular complexity index is 1670. The number of hydrogen-bond acceptors (Lipinski definition) is 5. The van der Waals surface area contributed by atoms with Gasteiger partial charge in [0.1, 0.15) is 5.82 Å². The average Bonchev–Trinajstić information content (AvgIpc) is 3.18. The fourth-order valence-corrected chi connectivity index (χ4v) is 5.14. The molecule has 0 bridgehead atoms. The zero-order chi connectivity index (χ0) is 24.0. The number of anilines is 1. The molecule has 0 saturated carbocycles. The van der Waals surface area contributed by atoms with Crippen molar-refractivity contribution >= 4 is 48.9 Å². The summed E-state index contributed by atoms with van der Waals surface area (Å²) in [6, 6.07) is 21.4. The molecule has 1 N–H and O–H groups in total. The molecule has 0 unspecified atom stereocenters. The molecule has 3 aromatic carbocycles. The molecule has 0 aliphatic rings. The molecule has 5 rings (SSSR count). The number of fused-ring (bicyclic) bond motifs is 5. The maximum Gasteiger partial charge on any atom is 0.264 e. The fourth-order valence-electron chi connectivity index (χ4n) is 4.16. The monoisotopic (exact) mass is 474 g/mol. The SMILES string of the molecule is CON(C)S(=O)(=O)c1ccc(C(=O)Nc2c3ccccc3n3c(C)nc4ccccc4c23)cc1. The smallest absolute Gasteiger partial charge is 0.264 e. The van der Waals surface area contributed by atoms with Crippen LogP contribution >= 0.6 is 0 Å². The molecule has 2 heterocycles. The molecule has 8 nitrogen and oxygen atoms in total. The molecule has 34 heavy (non-hydrogen) atoms. The number of nitrogens with zero attached hydrogens (tertiary/aromatic N) is 3. The van der Waals surface area contributed by atoms with Crippen molar-refractivity contribution < 1.29 is 18.0 Å². The van der Waals surface area contributed by atoms with Gasteiger partial charge in [-0.1, -0.05) is 40.9 Å². The second kappa shape index (κ2) is 8.21. The van der Waals surface area contributed by atoms with E-state index in [0.717, 1.165) is 37.6 Å². The molecule has 0 aliphatic carbocycles. The van der Waals surface area contributed by atoms with E-state index >= 15 is 0 Å². The number of sulfonamides is 1. The molecule has 172 valence electrons. The van der Waals surface area contributed by atoms with Gasteiger partial charge in [-0.3, -0.25) is 14.0 Å². The van der Waals surface area contributed by atoms with Gasteiger partial charge in [-0.15, -0.1) is 0 Å². The number of para-hydroxylation sites is 2. The topological polar surface area (TPSA) is 93.0 Å².